The Kier molecular flexibility index (Phi) is 6.59. The van der Waals surface area contributed by atoms with E-state index in [-0.39, 0.29) is 10.8 Å². The van der Waals surface area contributed by atoms with E-state index in [9.17, 15) is 13.2 Å². The minimum Gasteiger partial charge on any atom is -0.497 e. The van der Waals surface area contributed by atoms with E-state index in [1.165, 1.54) is 51.5 Å². The maximum atomic E-state index is 12.1. The fraction of sp³-hybridized carbons (Fsp3) is 0.211. The first-order valence-electron chi connectivity index (χ1n) is 8.01. The van der Waals surface area contributed by atoms with Crippen molar-refractivity contribution in [2.24, 2.45) is 0 Å². The van der Waals surface area contributed by atoms with Crippen LogP contribution in [-0.2, 0) is 14.8 Å². The topological polar surface area (TPSA) is 84.9 Å². The molecule has 0 fully saturated rings. The number of nitrogens with one attached hydrogen (secondary N) is 1. The van der Waals surface area contributed by atoms with E-state index in [1.807, 2.05) is 0 Å². The van der Waals surface area contributed by atoms with Crippen LogP contribution in [0.3, 0.4) is 0 Å². The molecule has 1 amide bonds. The molecule has 0 saturated heterocycles. The maximum Gasteiger partial charge on any atom is 0.248 e. The molecule has 2 aromatic rings. The number of ether oxygens (including phenoxy) is 2. The molecule has 0 aromatic heterocycles. The largest absolute Gasteiger partial charge is 0.497 e. The van der Waals surface area contributed by atoms with Crippen LogP contribution in [0.1, 0.15) is 5.56 Å². The molecule has 0 bridgehead atoms. The second-order valence-corrected chi connectivity index (χ2v) is 7.89. The van der Waals surface area contributed by atoms with Crippen molar-refractivity contribution in [1.29, 1.82) is 0 Å². The standard InChI is InChI=1S/C19H22N2O5S/c1-21(2)27(23,24)17-10-7-15(8-11-17)20-19(22)12-6-14-5-9-16(25-3)13-18(14)26-4/h5-13H,1-4H3,(H,20,22)/b12-6+. The van der Waals surface area contributed by atoms with Crippen LogP contribution in [0.15, 0.2) is 53.4 Å². The Balaban J connectivity index is 2.09. The van der Waals surface area contributed by atoms with Crippen molar-refractivity contribution in [2.75, 3.05) is 33.6 Å². The number of rotatable bonds is 7. The van der Waals surface area contributed by atoms with Gasteiger partial charge in [0.1, 0.15) is 11.5 Å². The number of nitrogens with zero attached hydrogens (tertiary/aromatic N) is 1. The van der Waals surface area contributed by atoms with Gasteiger partial charge in [-0.05, 0) is 42.5 Å². The molecular weight excluding hydrogens is 368 g/mol. The van der Waals surface area contributed by atoms with Crippen LogP contribution in [0.4, 0.5) is 5.69 Å². The number of sulfonamides is 1. The van der Waals surface area contributed by atoms with E-state index in [0.717, 1.165) is 9.87 Å². The van der Waals surface area contributed by atoms with Gasteiger partial charge in [0.15, 0.2) is 0 Å². The average molecular weight is 390 g/mol. The molecule has 0 spiro atoms. The molecule has 144 valence electrons. The summed E-state index contributed by atoms with van der Waals surface area (Å²) < 4.78 is 35.6. The number of benzene rings is 2. The number of methoxy groups -OCH3 is 2. The molecule has 0 heterocycles. The Morgan fingerprint density at radius 3 is 2.26 bits per heavy atom. The third-order valence-corrected chi connectivity index (χ3v) is 5.58. The third-order valence-electron chi connectivity index (χ3n) is 3.76. The number of carbonyl (C=O) groups excluding carboxylic acids is 1. The third kappa shape index (κ3) is 5.08. The second-order valence-electron chi connectivity index (χ2n) is 5.74. The Hall–Kier alpha value is -2.84. The smallest absolute Gasteiger partial charge is 0.248 e. The van der Waals surface area contributed by atoms with Crippen LogP contribution in [-0.4, -0.2) is 46.9 Å². The van der Waals surface area contributed by atoms with Crippen LogP contribution < -0.4 is 14.8 Å². The molecule has 7 nitrogen and oxygen atoms in total. The van der Waals surface area contributed by atoms with Gasteiger partial charge in [0.2, 0.25) is 15.9 Å². The van der Waals surface area contributed by atoms with Gasteiger partial charge in [-0.2, -0.15) is 0 Å². The molecule has 0 aliphatic rings. The zero-order valence-electron chi connectivity index (χ0n) is 15.6. The van der Waals surface area contributed by atoms with Gasteiger partial charge < -0.3 is 14.8 Å². The summed E-state index contributed by atoms with van der Waals surface area (Å²) in [6, 6.07) is 11.2. The fourth-order valence-corrected chi connectivity index (χ4v) is 3.13. The number of hydrogen-bond donors (Lipinski definition) is 1. The summed E-state index contributed by atoms with van der Waals surface area (Å²) in [5.41, 5.74) is 1.21. The van der Waals surface area contributed by atoms with E-state index in [1.54, 1.807) is 31.4 Å². The van der Waals surface area contributed by atoms with Gasteiger partial charge in [0, 0.05) is 37.5 Å². The lowest BCUT2D eigenvalue weighted by Crippen LogP contribution is -2.22. The maximum absolute atomic E-state index is 12.1. The highest BCUT2D eigenvalue weighted by Gasteiger charge is 2.16. The number of amides is 1. The summed E-state index contributed by atoms with van der Waals surface area (Å²) in [7, 11) is 2.52. The van der Waals surface area contributed by atoms with Crippen LogP contribution in [0, 0.1) is 0 Å². The quantitative estimate of drug-likeness (QED) is 0.735. The van der Waals surface area contributed by atoms with E-state index < -0.39 is 10.0 Å². The van der Waals surface area contributed by atoms with Crippen LogP contribution >= 0.6 is 0 Å². The minimum atomic E-state index is -3.50. The number of anilines is 1. The van der Waals surface area contributed by atoms with E-state index in [2.05, 4.69) is 5.32 Å². The Morgan fingerprint density at radius 2 is 1.70 bits per heavy atom. The van der Waals surface area contributed by atoms with Crippen LogP contribution in [0.5, 0.6) is 11.5 Å². The molecule has 0 unspecified atom stereocenters. The van der Waals surface area contributed by atoms with Gasteiger partial charge in [0.05, 0.1) is 19.1 Å². The van der Waals surface area contributed by atoms with Gasteiger partial charge in [-0.25, -0.2) is 12.7 Å². The number of hydrogen-bond acceptors (Lipinski definition) is 5. The molecule has 27 heavy (non-hydrogen) atoms. The summed E-state index contributed by atoms with van der Waals surface area (Å²) in [5, 5.41) is 2.68. The van der Waals surface area contributed by atoms with Gasteiger partial charge in [-0.15, -0.1) is 0 Å². The summed E-state index contributed by atoms with van der Waals surface area (Å²) in [6.45, 7) is 0. The Morgan fingerprint density at radius 1 is 1.04 bits per heavy atom. The van der Waals surface area contributed by atoms with Crippen molar-refractivity contribution in [1.82, 2.24) is 4.31 Å². The normalized spacial score (nSPS) is 11.6. The molecule has 2 aromatic carbocycles. The van der Waals surface area contributed by atoms with Crippen LogP contribution in [0.2, 0.25) is 0 Å². The first kappa shape index (κ1) is 20.5. The molecule has 0 atom stereocenters. The first-order valence-corrected chi connectivity index (χ1v) is 9.45. The monoisotopic (exact) mass is 390 g/mol. The lowest BCUT2D eigenvalue weighted by Gasteiger charge is -2.11. The molecule has 2 rings (SSSR count). The predicted molar refractivity (Wildman–Crippen MR) is 105 cm³/mol. The Bertz CT molecular complexity index is 935. The SMILES string of the molecule is COc1ccc(/C=C/C(=O)Nc2ccc(S(=O)(=O)N(C)C)cc2)c(OC)c1. The number of carbonyl (C=O) groups is 1. The minimum absolute atomic E-state index is 0.156. The highest BCUT2D eigenvalue weighted by atomic mass is 32.2. The van der Waals surface area contributed by atoms with Crippen molar-refractivity contribution in [3.8, 4) is 11.5 Å². The van der Waals surface area contributed by atoms with Gasteiger partial charge in [-0.1, -0.05) is 0 Å². The molecular formula is C19H22N2O5S. The summed E-state index contributed by atoms with van der Waals surface area (Å²) in [5.74, 6) is 0.883. The average Bonchev–Trinajstić information content (AvgIpc) is 2.66. The van der Waals surface area contributed by atoms with Crippen molar-refractivity contribution in [3.05, 3.63) is 54.1 Å². The van der Waals surface area contributed by atoms with Gasteiger partial charge in [0.25, 0.3) is 0 Å². The van der Waals surface area contributed by atoms with E-state index >= 15 is 0 Å². The molecule has 0 saturated carbocycles. The molecule has 0 aliphatic carbocycles. The van der Waals surface area contributed by atoms with Crippen molar-refractivity contribution in [2.45, 2.75) is 4.90 Å². The zero-order chi connectivity index (χ0) is 20.0. The van der Waals surface area contributed by atoms with Gasteiger partial charge in [-0.3, -0.25) is 4.79 Å². The first-order chi connectivity index (χ1) is 12.8. The molecule has 1 N–H and O–H groups in total. The summed E-state index contributed by atoms with van der Waals surface area (Å²) >= 11 is 0. The molecule has 8 heteroatoms. The lowest BCUT2D eigenvalue weighted by molar-refractivity contribution is -0.111. The molecule has 0 aliphatic heterocycles. The second kappa shape index (κ2) is 8.70. The fourth-order valence-electron chi connectivity index (χ4n) is 2.23. The molecule has 0 radical (unpaired) electrons. The summed E-state index contributed by atoms with van der Waals surface area (Å²) in [6.07, 6.45) is 2.99. The van der Waals surface area contributed by atoms with Crippen molar-refractivity contribution in [3.63, 3.8) is 0 Å². The van der Waals surface area contributed by atoms with Crippen molar-refractivity contribution >= 4 is 27.7 Å². The van der Waals surface area contributed by atoms with E-state index in [4.69, 9.17) is 9.47 Å². The zero-order valence-corrected chi connectivity index (χ0v) is 16.4. The van der Waals surface area contributed by atoms with Gasteiger partial charge >= 0.3 is 0 Å². The highest BCUT2D eigenvalue weighted by molar-refractivity contribution is 7.89. The summed E-state index contributed by atoms with van der Waals surface area (Å²) in [4.78, 5) is 12.3. The van der Waals surface area contributed by atoms with Crippen molar-refractivity contribution < 1.29 is 22.7 Å². The van der Waals surface area contributed by atoms with Crippen LogP contribution in [0.25, 0.3) is 6.08 Å². The predicted octanol–water partition coefficient (Wildman–Crippen LogP) is 2.61. The lowest BCUT2D eigenvalue weighted by atomic mass is 10.1. The highest BCUT2D eigenvalue weighted by Crippen LogP contribution is 2.25. The van der Waals surface area contributed by atoms with E-state index in [0.29, 0.717) is 17.2 Å². The Labute approximate surface area is 159 Å².